The van der Waals surface area contributed by atoms with Gasteiger partial charge < -0.3 is 15.7 Å². The summed E-state index contributed by atoms with van der Waals surface area (Å²) in [5.74, 6) is 0.616. The molecule has 1 aromatic carbocycles. The Labute approximate surface area is 171 Å². The third-order valence-electron chi connectivity index (χ3n) is 4.24. The Morgan fingerprint density at radius 1 is 1.29 bits per heavy atom. The molecule has 1 atom stereocenters. The average Bonchev–Trinajstić information content (AvgIpc) is 3.09. The lowest BCUT2D eigenvalue weighted by Crippen LogP contribution is -2.39. The smallest absolute Gasteiger partial charge is 0.211 e. The monoisotopic (exact) mass is 426 g/mol. The topological polar surface area (TPSA) is 94.0 Å². The zero-order valence-electron chi connectivity index (χ0n) is 16.7. The lowest BCUT2D eigenvalue weighted by Gasteiger charge is -2.18. The second kappa shape index (κ2) is 10.8. The number of aliphatic imine (C=N–C) groups is 1. The Hall–Kier alpha value is -1.68. The van der Waals surface area contributed by atoms with E-state index in [-0.39, 0.29) is 6.54 Å². The number of hydrogen-bond donors (Lipinski definition) is 3. The lowest BCUT2D eigenvalue weighted by molar-refractivity contribution is 0.191. The maximum Gasteiger partial charge on any atom is 0.211 e. The van der Waals surface area contributed by atoms with Crippen molar-refractivity contribution in [2.45, 2.75) is 26.4 Å². The van der Waals surface area contributed by atoms with E-state index in [2.05, 4.69) is 15.6 Å². The summed E-state index contributed by atoms with van der Waals surface area (Å²) in [5.41, 5.74) is 0. The van der Waals surface area contributed by atoms with Crippen LogP contribution in [-0.4, -0.2) is 62.8 Å². The second-order valence-electron chi connectivity index (χ2n) is 6.46. The first kappa shape index (κ1) is 22.6. The van der Waals surface area contributed by atoms with Crippen LogP contribution in [0.3, 0.4) is 0 Å². The van der Waals surface area contributed by atoms with Crippen LogP contribution in [-0.2, 0) is 10.0 Å². The number of aliphatic hydroxyl groups is 1. The van der Waals surface area contributed by atoms with Gasteiger partial charge in [-0.1, -0.05) is 25.1 Å². The Balaban J connectivity index is 1.88. The van der Waals surface area contributed by atoms with Gasteiger partial charge in [0, 0.05) is 35.8 Å². The van der Waals surface area contributed by atoms with E-state index in [9.17, 15) is 13.5 Å². The fraction of sp³-hybridized carbons (Fsp3) is 0.526. The van der Waals surface area contributed by atoms with Crippen LogP contribution in [0.4, 0.5) is 0 Å². The van der Waals surface area contributed by atoms with E-state index in [0.717, 1.165) is 15.0 Å². The summed E-state index contributed by atoms with van der Waals surface area (Å²) >= 11 is 1.58. The molecule has 1 aromatic heterocycles. The van der Waals surface area contributed by atoms with Gasteiger partial charge in [0.05, 0.1) is 12.8 Å². The lowest BCUT2D eigenvalue weighted by atomic mass is 10.2. The molecule has 156 valence electrons. The third kappa shape index (κ3) is 6.73. The number of guanidine groups is 1. The number of hydrogen-bond acceptors (Lipinski definition) is 5. The fourth-order valence-corrected chi connectivity index (χ4v) is 4.77. The number of rotatable bonds is 10. The summed E-state index contributed by atoms with van der Waals surface area (Å²) in [6.07, 6.45) is 1.24. The molecule has 1 heterocycles. The molecule has 0 aliphatic rings. The van der Waals surface area contributed by atoms with Crippen LogP contribution in [0.2, 0.25) is 0 Å². The molecular formula is C19H30N4O3S2. The van der Waals surface area contributed by atoms with Gasteiger partial charge in [-0.05, 0) is 30.9 Å². The van der Waals surface area contributed by atoms with Gasteiger partial charge in [0.1, 0.15) is 6.10 Å². The van der Waals surface area contributed by atoms with Crippen LogP contribution in [0, 0.1) is 0 Å². The predicted molar refractivity (Wildman–Crippen MR) is 117 cm³/mol. The SMILES string of the molecule is CCNC(=NCC(O)c1cc2ccccc2s1)NCCCN(CC)S(C)(=O)=O. The van der Waals surface area contributed by atoms with E-state index >= 15 is 0 Å². The number of thiophene rings is 1. The highest BCUT2D eigenvalue weighted by Crippen LogP contribution is 2.29. The first-order valence-electron chi connectivity index (χ1n) is 9.49. The van der Waals surface area contributed by atoms with Crippen LogP contribution < -0.4 is 10.6 Å². The standard InChI is InChI=1S/C19H30N4O3S2/c1-4-20-19(21-11-8-12-23(5-2)28(3,25)26)22-14-16(24)18-13-15-9-6-7-10-17(15)27-18/h6-7,9-10,13,16,24H,4-5,8,11-12,14H2,1-3H3,(H2,20,21,22). The van der Waals surface area contributed by atoms with Crippen molar-refractivity contribution >= 4 is 37.4 Å². The Bertz CT molecular complexity index is 847. The van der Waals surface area contributed by atoms with E-state index < -0.39 is 16.1 Å². The molecule has 0 fully saturated rings. The minimum atomic E-state index is -3.16. The molecular weight excluding hydrogens is 396 g/mol. The minimum absolute atomic E-state index is 0.257. The summed E-state index contributed by atoms with van der Waals surface area (Å²) in [6, 6.07) is 10.1. The van der Waals surface area contributed by atoms with Crippen molar-refractivity contribution in [3.8, 4) is 0 Å². The molecule has 0 aliphatic carbocycles. The third-order valence-corrected chi connectivity index (χ3v) is 6.83. The summed E-state index contributed by atoms with van der Waals surface area (Å²) in [4.78, 5) is 5.36. The highest BCUT2D eigenvalue weighted by Gasteiger charge is 2.14. The molecule has 0 bridgehead atoms. The van der Waals surface area contributed by atoms with E-state index in [1.54, 1.807) is 11.3 Å². The molecule has 1 unspecified atom stereocenters. The predicted octanol–water partition coefficient (Wildman–Crippen LogP) is 2.16. The molecule has 3 N–H and O–H groups in total. The summed E-state index contributed by atoms with van der Waals surface area (Å²) in [5, 5.41) is 17.9. The highest BCUT2D eigenvalue weighted by molar-refractivity contribution is 7.88. The van der Waals surface area contributed by atoms with Gasteiger partial charge in [-0.25, -0.2) is 12.7 Å². The largest absolute Gasteiger partial charge is 0.386 e. The first-order valence-corrected chi connectivity index (χ1v) is 12.2. The summed E-state index contributed by atoms with van der Waals surface area (Å²) in [7, 11) is -3.16. The molecule has 2 rings (SSSR count). The van der Waals surface area contributed by atoms with E-state index in [1.807, 2.05) is 44.2 Å². The molecule has 7 nitrogen and oxygen atoms in total. The fourth-order valence-electron chi connectivity index (χ4n) is 2.80. The number of nitrogens with one attached hydrogen (secondary N) is 2. The van der Waals surface area contributed by atoms with Crippen molar-refractivity contribution in [1.82, 2.24) is 14.9 Å². The van der Waals surface area contributed by atoms with Gasteiger partial charge in [0.15, 0.2) is 5.96 Å². The van der Waals surface area contributed by atoms with Crippen molar-refractivity contribution in [2.75, 3.05) is 39.0 Å². The van der Waals surface area contributed by atoms with Gasteiger partial charge in [-0.15, -0.1) is 11.3 Å². The van der Waals surface area contributed by atoms with Gasteiger partial charge in [0.2, 0.25) is 10.0 Å². The van der Waals surface area contributed by atoms with Gasteiger partial charge in [-0.2, -0.15) is 0 Å². The minimum Gasteiger partial charge on any atom is -0.386 e. The molecule has 2 aromatic rings. The molecule has 0 amide bonds. The van der Waals surface area contributed by atoms with Crippen molar-refractivity contribution in [3.05, 3.63) is 35.2 Å². The van der Waals surface area contributed by atoms with Gasteiger partial charge in [0.25, 0.3) is 0 Å². The molecule has 0 radical (unpaired) electrons. The second-order valence-corrected chi connectivity index (χ2v) is 9.55. The molecule has 28 heavy (non-hydrogen) atoms. The van der Waals surface area contributed by atoms with Crippen molar-refractivity contribution in [1.29, 1.82) is 0 Å². The quantitative estimate of drug-likeness (QED) is 0.307. The van der Waals surface area contributed by atoms with E-state index in [1.165, 1.54) is 10.6 Å². The molecule has 9 heteroatoms. The number of fused-ring (bicyclic) bond motifs is 1. The number of sulfonamides is 1. The van der Waals surface area contributed by atoms with Gasteiger partial charge >= 0.3 is 0 Å². The van der Waals surface area contributed by atoms with Crippen LogP contribution in [0.1, 0.15) is 31.2 Å². The maximum atomic E-state index is 11.6. The number of benzene rings is 1. The van der Waals surface area contributed by atoms with Gasteiger partial charge in [-0.3, -0.25) is 4.99 Å². The zero-order valence-corrected chi connectivity index (χ0v) is 18.3. The normalized spacial score (nSPS) is 13.8. The number of aliphatic hydroxyl groups excluding tert-OH is 1. The summed E-state index contributed by atoms with van der Waals surface area (Å²) < 4.78 is 25.8. The van der Waals surface area contributed by atoms with Crippen molar-refractivity contribution in [2.24, 2.45) is 4.99 Å². The average molecular weight is 427 g/mol. The molecule has 0 saturated heterocycles. The first-order chi connectivity index (χ1) is 13.3. The van der Waals surface area contributed by atoms with Crippen molar-refractivity contribution < 1.29 is 13.5 Å². The molecule has 0 spiro atoms. The van der Waals surface area contributed by atoms with Crippen LogP contribution >= 0.6 is 11.3 Å². The molecule has 0 aliphatic heterocycles. The maximum absolute atomic E-state index is 11.6. The Kier molecular flexibility index (Phi) is 8.68. The van der Waals surface area contributed by atoms with E-state index in [0.29, 0.717) is 38.6 Å². The number of nitrogens with zero attached hydrogens (tertiary/aromatic N) is 2. The summed E-state index contributed by atoms with van der Waals surface area (Å²) in [6.45, 7) is 6.29. The zero-order chi connectivity index (χ0) is 20.6. The molecule has 0 saturated carbocycles. The Morgan fingerprint density at radius 2 is 2.04 bits per heavy atom. The van der Waals surface area contributed by atoms with E-state index in [4.69, 9.17) is 0 Å². The highest BCUT2D eigenvalue weighted by atomic mass is 32.2. The van der Waals surface area contributed by atoms with Crippen LogP contribution in [0.15, 0.2) is 35.3 Å². The van der Waals surface area contributed by atoms with Crippen LogP contribution in [0.25, 0.3) is 10.1 Å². The Morgan fingerprint density at radius 3 is 2.68 bits per heavy atom. The van der Waals surface area contributed by atoms with Crippen LogP contribution in [0.5, 0.6) is 0 Å². The van der Waals surface area contributed by atoms with Crippen molar-refractivity contribution in [3.63, 3.8) is 0 Å².